The summed E-state index contributed by atoms with van der Waals surface area (Å²) in [6.07, 6.45) is 1.86. The first kappa shape index (κ1) is 9.33. The fourth-order valence-corrected chi connectivity index (χ4v) is 2.12. The molecule has 1 aliphatic rings. The molecule has 0 spiro atoms. The Hall–Kier alpha value is -1.91. The highest BCUT2D eigenvalue weighted by molar-refractivity contribution is 5.56. The SMILES string of the molecule is Cn1nnc(CC2Cc3ccccc3N2)n1. The molecule has 1 atom stereocenters. The second-order valence-corrected chi connectivity index (χ2v) is 4.10. The number of rotatable bonds is 2. The Kier molecular flexibility index (Phi) is 2.09. The zero-order valence-corrected chi connectivity index (χ0v) is 9.09. The first-order chi connectivity index (χ1) is 7.81. The van der Waals surface area contributed by atoms with Gasteiger partial charge in [-0.25, -0.2) is 0 Å². The molecule has 5 heteroatoms. The molecule has 0 fully saturated rings. The van der Waals surface area contributed by atoms with Gasteiger partial charge in [-0.3, -0.25) is 0 Å². The van der Waals surface area contributed by atoms with Crippen LogP contribution in [-0.2, 0) is 19.9 Å². The third kappa shape index (κ3) is 1.64. The molecule has 0 bridgehead atoms. The molecule has 1 aromatic heterocycles. The summed E-state index contributed by atoms with van der Waals surface area (Å²) in [6, 6.07) is 8.78. The van der Waals surface area contributed by atoms with E-state index in [1.54, 1.807) is 7.05 Å². The van der Waals surface area contributed by atoms with E-state index in [1.165, 1.54) is 16.0 Å². The minimum atomic E-state index is 0.390. The van der Waals surface area contributed by atoms with E-state index in [2.05, 4.69) is 45.0 Å². The minimum Gasteiger partial charge on any atom is -0.381 e. The van der Waals surface area contributed by atoms with Crippen molar-refractivity contribution in [2.24, 2.45) is 7.05 Å². The van der Waals surface area contributed by atoms with Gasteiger partial charge in [0.1, 0.15) is 0 Å². The largest absolute Gasteiger partial charge is 0.381 e. The lowest BCUT2D eigenvalue weighted by Gasteiger charge is -2.07. The van der Waals surface area contributed by atoms with Crippen LogP contribution >= 0.6 is 0 Å². The molecule has 16 heavy (non-hydrogen) atoms. The topological polar surface area (TPSA) is 55.6 Å². The summed E-state index contributed by atoms with van der Waals surface area (Å²) in [5.74, 6) is 0.799. The van der Waals surface area contributed by atoms with E-state index in [1.807, 2.05) is 0 Å². The lowest BCUT2D eigenvalue weighted by Crippen LogP contribution is -2.19. The molecule has 1 unspecified atom stereocenters. The summed E-state index contributed by atoms with van der Waals surface area (Å²) in [5, 5.41) is 15.5. The van der Waals surface area contributed by atoms with Crippen molar-refractivity contribution >= 4 is 5.69 Å². The highest BCUT2D eigenvalue weighted by atomic mass is 15.6. The van der Waals surface area contributed by atoms with Crippen LogP contribution in [0.25, 0.3) is 0 Å². The summed E-state index contributed by atoms with van der Waals surface area (Å²) in [7, 11) is 1.79. The van der Waals surface area contributed by atoms with Crippen molar-refractivity contribution in [1.29, 1.82) is 0 Å². The number of tetrazole rings is 1. The highest BCUT2D eigenvalue weighted by Crippen LogP contribution is 2.26. The molecule has 0 saturated carbocycles. The molecule has 0 saturated heterocycles. The van der Waals surface area contributed by atoms with E-state index < -0.39 is 0 Å². The Morgan fingerprint density at radius 1 is 1.44 bits per heavy atom. The van der Waals surface area contributed by atoms with Crippen LogP contribution in [0.2, 0.25) is 0 Å². The molecule has 3 rings (SSSR count). The van der Waals surface area contributed by atoms with Crippen LogP contribution in [0.3, 0.4) is 0 Å². The van der Waals surface area contributed by atoms with Gasteiger partial charge in [0.25, 0.3) is 0 Å². The van der Waals surface area contributed by atoms with Crippen molar-refractivity contribution in [1.82, 2.24) is 20.2 Å². The molecule has 2 heterocycles. The maximum absolute atomic E-state index is 4.19. The summed E-state index contributed by atoms with van der Waals surface area (Å²) >= 11 is 0. The maximum Gasteiger partial charge on any atom is 0.176 e. The van der Waals surface area contributed by atoms with Crippen LogP contribution < -0.4 is 5.32 Å². The Morgan fingerprint density at radius 3 is 3.06 bits per heavy atom. The Morgan fingerprint density at radius 2 is 2.31 bits per heavy atom. The van der Waals surface area contributed by atoms with Gasteiger partial charge in [0, 0.05) is 18.2 Å². The van der Waals surface area contributed by atoms with Crippen LogP contribution in [0.5, 0.6) is 0 Å². The predicted octanol–water partition coefficient (Wildman–Crippen LogP) is 0.789. The molecule has 5 nitrogen and oxygen atoms in total. The Bertz CT molecular complexity index is 480. The standard InChI is InChI=1S/C11H13N5/c1-16-14-11(13-15-16)7-9-6-8-4-2-3-5-10(8)12-9/h2-5,9,12H,6-7H2,1H3. The predicted molar refractivity (Wildman–Crippen MR) is 60.1 cm³/mol. The van der Waals surface area contributed by atoms with E-state index in [0.717, 1.165) is 18.7 Å². The van der Waals surface area contributed by atoms with Gasteiger partial charge in [-0.05, 0) is 23.3 Å². The Balaban J connectivity index is 1.72. The normalized spacial score (nSPS) is 18.2. The molecule has 1 N–H and O–H groups in total. The maximum atomic E-state index is 4.19. The van der Waals surface area contributed by atoms with E-state index in [9.17, 15) is 0 Å². The number of aromatic nitrogens is 4. The molecule has 0 amide bonds. The van der Waals surface area contributed by atoms with Crippen molar-refractivity contribution < 1.29 is 0 Å². The molecule has 82 valence electrons. The van der Waals surface area contributed by atoms with Crippen molar-refractivity contribution in [2.45, 2.75) is 18.9 Å². The quantitative estimate of drug-likeness (QED) is 0.804. The molecule has 0 radical (unpaired) electrons. The van der Waals surface area contributed by atoms with Crippen molar-refractivity contribution in [3.63, 3.8) is 0 Å². The minimum absolute atomic E-state index is 0.390. The molecular formula is C11H13N5. The van der Waals surface area contributed by atoms with Gasteiger partial charge in [-0.1, -0.05) is 18.2 Å². The van der Waals surface area contributed by atoms with Gasteiger partial charge in [0.05, 0.1) is 7.05 Å². The van der Waals surface area contributed by atoms with Crippen LogP contribution in [0.15, 0.2) is 24.3 Å². The van der Waals surface area contributed by atoms with Crippen LogP contribution in [0, 0.1) is 0 Å². The lowest BCUT2D eigenvalue weighted by atomic mass is 10.1. The molecule has 1 aromatic carbocycles. The second kappa shape index (κ2) is 3.59. The lowest BCUT2D eigenvalue weighted by molar-refractivity contribution is 0.624. The number of fused-ring (bicyclic) bond motifs is 1. The zero-order chi connectivity index (χ0) is 11.0. The second-order valence-electron chi connectivity index (χ2n) is 4.10. The summed E-state index contributed by atoms with van der Waals surface area (Å²) in [6.45, 7) is 0. The number of benzene rings is 1. The highest BCUT2D eigenvalue weighted by Gasteiger charge is 2.21. The van der Waals surface area contributed by atoms with Crippen molar-refractivity contribution in [2.75, 3.05) is 5.32 Å². The number of aryl methyl sites for hydroxylation is 1. The van der Waals surface area contributed by atoms with Gasteiger partial charge in [0.2, 0.25) is 0 Å². The third-order valence-electron chi connectivity index (χ3n) is 2.82. The van der Waals surface area contributed by atoms with Gasteiger partial charge in [-0.15, -0.1) is 10.2 Å². The number of hydrogen-bond donors (Lipinski definition) is 1. The number of nitrogens with zero attached hydrogens (tertiary/aromatic N) is 4. The van der Waals surface area contributed by atoms with Crippen LogP contribution in [0.4, 0.5) is 5.69 Å². The third-order valence-corrected chi connectivity index (χ3v) is 2.82. The molecular weight excluding hydrogens is 202 g/mol. The fraction of sp³-hybridized carbons (Fsp3) is 0.364. The summed E-state index contributed by atoms with van der Waals surface area (Å²) < 4.78 is 0. The van der Waals surface area contributed by atoms with Gasteiger partial charge in [0.15, 0.2) is 5.82 Å². The molecule has 2 aromatic rings. The number of hydrogen-bond acceptors (Lipinski definition) is 4. The average molecular weight is 215 g/mol. The monoisotopic (exact) mass is 215 g/mol. The van der Waals surface area contributed by atoms with Crippen LogP contribution in [0.1, 0.15) is 11.4 Å². The first-order valence-electron chi connectivity index (χ1n) is 5.38. The van der Waals surface area contributed by atoms with Crippen molar-refractivity contribution in [3.8, 4) is 0 Å². The van der Waals surface area contributed by atoms with Crippen LogP contribution in [-0.4, -0.2) is 26.2 Å². The van der Waals surface area contributed by atoms with Gasteiger partial charge < -0.3 is 5.32 Å². The smallest absolute Gasteiger partial charge is 0.176 e. The van der Waals surface area contributed by atoms with E-state index in [0.29, 0.717) is 6.04 Å². The van der Waals surface area contributed by atoms with Gasteiger partial charge >= 0.3 is 0 Å². The summed E-state index contributed by atoms with van der Waals surface area (Å²) in [4.78, 5) is 1.50. The number of nitrogens with one attached hydrogen (secondary N) is 1. The molecule has 0 aliphatic carbocycles. The fourth-order valence-electron chi connectivity index (χ4n) is 2.12. The van der Waals surface area contributed by atoms with Crippen molar-refractivity contribution in [3.05, 3.63) is 35.7 Å². The number of anilines is 1. The number of para-hydroxylation sites is 1. The summed E-state index contributed by atoms with van der Waals surface area (Å²) in [5.41, 5.74) is 2.60. The average Bonchev–Trinajstić information content (AvgIpc) is 2.84. The zero-order valence-electron chi connectivity index (χ0n) is 9.09. The van der Waals surface area contributed by atoms with E-state index in [-0.39, 0.29) is 0 Å². The molecule has 1 aliphatic heterocycles. The van der Waals surface area contributed by atoms with Gasteiger partial charge in [-0.2, -0.15) is 4.80 Å². The van der Waals surface area contributed by atoms with E-state index in [4.69, 9.17) is 0 Å². The van der Waals surface area contributed by atoms with E-state index >= 15 is 0 Å². The Labute approximate surface area is 93.5 Å². The first-order valence-corrected chi connectivity index (χ1v) is 5.38.